The number of anilines is 2. The number of nitrogens with zero attached hydrogens (tertiary/aromatic N) is 4. The molecular weight excluding hydrogens is 764 g/mol. The number of carbonyl (C=O) groups excluding carboxylic acids is 3. The summed E-state index contributed by atoms with van der Waals surface area (Å²) >= 11 is 1.42. The number of benzene rings is 3. The molecule has 1 aromatic heterocycles. The highest BCUT2D eigenvalue weighted by atomic mass is 32.2. The van der Waals surface area contributed by atoms with Crippen LogP contribution in [0.4, 0.5) is 16.0 Å². The predicted molar refractivity (Wildman–Crippen MR) is 232 cm³/mol. The van der Waals surface area contributed by atoms with Gasteiger partial charge in [-0.05, 0) is 104 Å². The second-order valence-electron chi connectivity index (χ2n) is 16.0. The van der Waals surface area contributed by atoms with E-state index >= 15 is 4.39 Å². The molecule has 12 heteroatoms. The number of carbonyl (C=O) groups is 3. The van der Waals surface area contributed by atoms with Crippen LogP contribution in [0.15, 0.2) is 66.9 Å². The summed E-state index contributed by atoms with van der Waals surface area (Å²) in [5, 5.41) is 12.4. The van der Waals surface area contributed by atoms with Crippen LogP contribution in [0.5, 0.6) is 5.75 Å². The number of hydrogen-bond acceptors (Lipinski definition) is 10. The van der Waals surface area contributed by atoms with E-state index in [0.717, 1.165) is 52.8 Å². The van der Waals surface area contributed by atoms with E-state index in [9.17, 15) is 19.6 Å². The lowest BCUT2D eigenvalue weighted by atomic mass is 9.77. The monoisotopic (exact) mass is 816 g/mol. The van der Waals surface area contributed by atoms with Crippen molar-refractivity contribution in [2.45, 2.75) is 85.7 Å². The molecule has 0 bridgehead atoms. The van der Waals surface area contributed by atoms with E-state index in [2.05, 4.69) is 51.8 Å². The van der Waals surface area contributed by atoms with Crippen LogP contribution in [-0.2, 0) is 28.0 Å². The second-order valence-corrected chi connectivity index (χ2v) is 16.6. The fourth-order valence-electron chi connectivity index (χ4n) is 7.13. The fourth-order valence-corrected chi connectivity index (χ4v) is 7.41. The molecule has 10 nitrogen and oxygen atoms in total. The van der Waals surface area contributed by atoms with Gasteiger partial charge in [0, 0.05) is 60.3 Å². The molecule has 4 aromatic rings. The van der Waals surface area contributed by atoms with E-state index in [1.54, 1.807) is 19.2 Å². The second kappa shape index (κ2) is 20.3. The van der Waals surface area contributed by atoms with E-state index in [1.807, 2.05) is 86.5 Å². The number of nitriles is 1. The van der Waals surface area contributed by atoms with Crippen molar-refractivity contribution in [1.29, 1.82) is 5.26 Å². The summed E-state index contributed by atoms with van der Waals surface area (Å²) in [7, 11) is 0. The van der Waals surface area contributed by atoms with Gasteiger partial charge in [0.15, 0.2) is 5.78 Å². The van der Waals surface area contributed by atoms with Crippen molar-refractivity contribution in [3.63, 3.8) is 0 Å². The van der Waals surface area contributed by atoms with Crippen LogP contribution in [-0.4, -0.2) is 46.9 Å². The zero-order valence-corrected chi connectivity index (χ0v) is 35.8. The van der Waals surface area contributed by atoms with Crippen LogP contribution in [0.2, 0.25) is 0 Å². The Morgan fingerprint density at radius 2 is 1.80 bits per heavy atom. The number of rotatable bonds is 11. The Hall–Kier alpha value is -5.72. The summed E-state index contributed by atoms with van der Waals surface area (Å²) < 4.78 is 24.9. The summed E-state index contributed by atoms with van der Waals surface area (Å²) in [4.78, 5) is 43.9. The molecule has 2 amide bonds. The minimum absolute atomic E-state index is 0.0164. The lowest BCUT2D eigenvalue weighted by molar-refractivity contribution is -0.135. The third-order valence-electron chi connectivity index (χ3n) is 10.6. The summed E-state index contributed by atoms with van der Waals surface area (Å²) in [6, 6.07) is 21.1. The molecule has 3 heterocycles. The number of imide groups is 1. The number of hydrogen-bond donors (Lipinski definition) is 2. The first-order chi connectivity index (χ1) is 28.2. The number of aromatic nitrogens is 2. The molecule has 3 aromatic carbocycles. The normalized spacial score (nSPS) is 15.6. The maximum absolute atomic E-state index is 15.9. The predicted octanol–water partition coefficient (Wildman–Crippen LogP) is 8.81. The SMILES string of the molecule is CC1CCC(=O)NC1=O.CSNc1nccc(COc2ccc(C(C)(C)c3cc(F)c(N4CCC(C#Cc5ccc(C(C)=O)c(CC(C)C)c5)CC4)c(C#N)c3)cc2)n1. The fraction of sp³-hybridized carbons (Fsp3) is 0.404. The molecule has 0 radical (unpaired) electrons. The smallest absolute Gasteiger partial charge is 0.233 e. The van der Waals surface area contributed by atoms with E-state index < -0.39 is 5.41 Å². The van der Waals surface area contributed by atoms with Gasteiger partial charge in [0.1, 0.15) is 24.2 Å². The van der Waals surface area contributed by atoms with Gasteiger partial charge >= 0.3 is 0 Å². The molecule has 59 heavy (non-hydrogen) atoms. The zero-order valence-electron chi connectivity index (χ0n) is 34.9. The topological polar surface area (TPSA) is 137 Å². The average Bonchev–Trinajstić information content (AvgIpc) is 3.21. The highest BCUT2D eigenvalue weighted by Crippen LogP contribution is 2.37. The van der Waals surface area contributed by atoms with Gasteiger partial charge in [0.25, 0.3) is 0 Å². The highest BCUT2D eigenvalue weighted by molar-refractivity contribution is 7.99. The van der Waals surface area contributed by atoms with Crippen LogP contribution >= 0.6 is 11.9 Å². The van der Waals surface area contributed by atoms with Gasteiger partial charge in [-0.3, -0.25) is 24.4 Å². The molecule has 0 saturated carbocycles. The number of nitrogens with one attached hydrogen (secondary N) is 2. The van der Waals surface area contributed by atoms with Crippen molar-refractivity contribution in [2.75, 3.05) is 29.0 Å². The van der Waals surface area contributed by atoms with E-state index in [4.69, 9.17) is 4.74 Å². The van der Waals surface area contributed by atoms with Crippen LogP contribution in [0.25, 0.3) is 0 Å². The first-order valence-electron chi connectivity index (χ1n) is 20.0. The first-order valence-corrected chi connectivity index (χ1v) is 21.2. The van der Waals surface area contributed by atoms with Gasteiger partial charge in [-0.2, -0.15) is 5.26 Å². The molecule has 1 atom stereocenters. The molecule has 1 unspecified atom stereocenters. The van der Waals surface area contributed by atoms with E-state index in [0.29, 0.717) is 61.4 Å². The maximum Gasteiger partial charge on any atom is 0.233 e. The lowest BCUT2D eigenvalue weighted by Crippen LogP contribution is -2.39. The number of ketones is 1. The standard InChI is InChI=1S/C41H44FN5O2S.C6H9NO2/c1-27(2)21-31-22-30(9-14-37(31)28(3)48)8-7-29-16-19-47(20-17-29)39-32(25-43)23-34(24-38(39)42)41(4,5)33-10-12-36(13-11-33)49-26-35-15-18-44-40(45-35)46-50-6;1-4-2-3-5(8)7-6(4)9/h9-15,18,22-24,27,29H,16-17,19-21,26H2,1-6H3,(H,44,45,46);4H,2-3H2,1H3,(H,7,8,9). The Morgan fingerprint density at radius 3 is 2.42 bits per heavy atom. The number of piperidine rings is 2. The molecule has 2 saturated heterocycles. The number of ether oxygens (including phenoxy) is 1. The van der Waals surface area contributed by atoms with Crippen LogP contribution in [0.1, 0.15) is 111 Å². The number of Topliss-reactive ketones (excluding diaryl/α,β-unsaturated/α-hetero) is 1. The van der Waals surface area contributed by atoms with E-state index in [-0.39, 0.29) is 35.3 Å². The van der Waals surface area contributed by atoms with Gasteiger partial charge < -0.3 is 9.64 Å². The molecule has 2 aliphatic rings. The first kappa shape index (κ1) is 44.4. The van der Waals surface area contributed by atoms with Crippen molar-refractivity contribution in [2.24, 2.45) is 17.8 Å². The zero-order chi connectivity index (χ0) is 42.7. The highest BCUT2D eigenvalue weighted by Gasteiger charge is 2.29. The Balaban J connectivity index is 0.000000649. The third-order valence-corrected chi connectivity index (χ3v) is 11.0. The molecule has 0 spiro atoms. The Labute approximate surface area is 351 Å². The molecular formula is C47H53FN6O4S. The van der Waals surface area contributed by atoms with Crippen molar-refractivity contribution >= 4 is 41.2 Å². The third kappa shape index (κ3) is 11.9. The maximum atomic E-state index is 15.9. The largest absolute Gasteiger partial charge is 0.487 e. The number of amides is 2. The van der Waals surface area contributed by atoms with Gasteiger partial charge in [0.05, 0.1) is 16.9 Å². The van der Waals surface area contributed by atoms with Crippen LogP contribution in [0, 0.1) is 46.7 Å². The van der Waals surface area contributed by atoms with Crippen LogP contribution < -0.4 is 19.7 Å². The Kier molecular flexibility index (Phi) is 15.3. The van der Waals surface area contributed by atoms with Crippen molar-refractivity contribution < 1.29 is 23.5 Å². The molecule has 0 aliphatic carbocycles. The minimum atomic E-state index is -0.561. The summed E-state index contributed by atoms with van der Waals surface area (Å²) in [6.07, 6.45) is 7.17. The van der Waals surface area contributed by atoms with Gasteiger partial charge in [0.2, 0.25) is 17.8 Å². The van der Waals surface area contributed by atoms with Crippen LogP contribution in [0.3, 0.4) is 0 Å². The van der Waals surface area contributed by atoms with Gasteiger partial charge in [-0.1, -0.05) is 70.5 Å². The molecule has 2 fully saturated rings. The molecule has 2 aliphatic heterocycles. The number of halogens is 1. The minimum Gasteiger partial charge on any atom is -0.487 e. The molecule has 6 rings (SSSR count). The Bertz CT molecular complexity index is 2250. The van der Waals surface area contributed by atoms with Gasteiger partial charge in [-0.25, -0.2) is 14.4 Å². The van der Waals surface area contributed by atoms with E-state index in [1.165, 1.54) is 11.9 Å². The summed E-state index contributed by atoms with van der Waals surface area (Å²) in [5.74, 6) is 8.00. The summed E-state index contributed by atoms with van der Waals surface area (Å²) in [6.45, 7) is 13.3. The van der Waals surface area contributed by atoms with Crippen molar-refractivity contribution in [3.05, 3.63) is 112 Å². The quantitative estimate of drug-likeness (QED) is 0.0654. The van der Waals surface area contributed by atoms with Gasteiger partial charge in [-0.15, -0.1) is 0 Å². The van der Waals surface area contributed by atoms with Crippen molar-refractivity contribution in [3.8, 4) is 23.7 Å². The lowest BCUT2D eigenvalue weighted by Gasteiger charge is -2.33. The molecule has 2 N–H and O–H groups in total. The summed E-state index contributed by atoms with van der Waals surface area (Å²) in [5.41, 5.74) is 5.31. The van der Waals surface area contributed by atoms with Crippen molar-refractivity contribution in [1.82, 2.24) is 15.3 Å². The average molecular weight is 817 g/mol. The Morgan fingerprint density at radius 1 is 1.07 bits per heavy atom. The molecule has 308 valence electrons.